The normalized spacial score (nSPS) is 14.6. The second-order valence-electron chi connectivity index (χ2n) is 4.03. The van der Waals surface area contributed by atoms with Crippen molar-refractivity contribution in [3.8, 4) is 0 Å². The Balaban J connectivity index is 2.31. The van der Waals surface area contributed by atoms with Gasteiger partial charge in [0.1, 0.15) is 5.56 Å². The Labute approximate surface area is 97.4 Å². The molecular formula is C11H12N2O4. The Bertz CT molecular complexity index is 469. The van der Waals surface area contributed by atoms with Crippen LogP contribution < -0.4 is 5.32 Å². The van der Waals surface area contributed by atoms with E-state index in [0.29, 0.717) is 18.2 Å². The lowest BCUT2D eigenvalue weighted by molar-refractivity contribution is -0.385. The maximum absolute atomic E-state index is 11.1. The predicted octanol–water partition coefficient (Wildman–Crippen LogP) is 1.54. The molecule has 0 amide bonds. The minimum Gasteiger partial charge on any atom is -0.477 e. The quantitative estimate of drug-likeness (QED) is 0.597. The summed E-state index contributed by atoms with van der Waals surface area (Å²) in [5.41, 5.74) is -0.114. The van der Waals surface area contributed by atoms with Crippen LogP contribution in [0.1, 0.15) is 28.8 Å². The van der Waals surface area contributed by atoms with Gasteiger partial charge in [-0.25, -0.2) is 4.79 Å². The highest BCUT2D eigenvalue weighted by molar-refractivity contribution is 5.94. The molecule has 0 heterocycles. The van der Waals surface area contributed by atoms with Gasteiger partial charge in [0.15, 0.2) is 0 Å². The summed E-state index contributed by atoms with van der Waals surface area (Å²) in [6.45, 7) is 0.355. The maximum atomic E-state index is 11.1. The molecule has 0 unspecified atom stereocenters. The first-order valence-corrected chi connectivity index (χ1v) is 5.32. The highest BCUT2D eigenvalue weighted by atomic mass is 16.6. The van der Waals surface area contributed by atoms with Gasteiger partial charge in [-0.15, -0.1) is 0 Å². The summed E-state index contributed by atoms with van der Waals surface area (Å²) >= 11 is 0. The van der Waals surface area contributed by atoms with Crippen molar-refractivity contribution in [3.63, 3.8) is 0 Å². The molecule has 1 aliphatic rings. The highest BCUT2D eigenvalue weighted by Crippen LogP contribution is 2.24. The highest BCUT2D eigenvalue weighted by Gasteiger charge is 2.25. The van der Waals surface area contributed by atoms with E-state index in [9.17, 15) is 14.9 Å². The molecule has 2 N–H and O–H groups in total. The van der Waals surface area contributed by atoms with E-state index < -0.39 is 10.9 Å². The molecule has 2 rings (SSSR count). The minimum absolute atomic E-state index is 0.217. The summed E-state index contributed by atoms with van der Waals surface area (Å²) < 4.78 is 0. The van der Waals surface area contributed by atoms with Crippen molar-refractivity contribution in [2.45, 2.75) is 25.4 Å². The molecule has 1 aromatic rings. The third kappa shape index (κ3) is 2.59. The van der Waals surface area contributed by atoms with E-state index in [1.54, 1.807) is 6.07 Å². The number of benzene rings is 1. The molecule has 1 fully saturated rings. The number of carboxylic acid groups (broad SMARTS) is 1. The van der Waals surface area contributed by atoms with Crippen LogP contribution in [0.5, 0.6) is 0 Å². The van der Waals surface area contributed by atoms with Gasteiger partial charge < -0.3 is 10.4 Å². The van der Waals surface area contributed by atoms with E-state index in [2.05, 4.69) is 5.32 Å². The van der Waals surface area contributed by atoms with Crippen molar-refractivity contribution in [1.82, 2.24) is 5.32 Å². The van der Waals surface area contributed by atoms with Gasteiger partial charge in [-0.1, -0.05) is 12.1 Å². The predicted molar refractivity (Wildman–Crippen MR) is 59.9 cm³/mol. The number of rotatable bonds is 5. The van der Waals surface area contributed by atoms with Crippen LogP contribution in [0.3, 0.4) is 0 Å². The van der Waals surface area contributed by atoms with E-state index in [1.807, 2.05) is 0 Å². The van der Waals surface area contributed by atoms with Crippen LogP contribution in [-0.2, 0) is 6.54 Å². The van der Waals surface area contributed by atoms with Crippen LogP contribution in [0.25, 0.3) is 0 Å². The van der Waals surface area contributed by atoms with E-state index in [0.717, 1.165) is 12.8 Å². The fourth-order valence-electron chi connectivity index (χ4n) is 1.67. The molecule has 90 valence electrons. The molecule has 0 aliphatic heterocycles. The lowest BCUT2D eigenvalue weighted by atomic mass is 10.1. The molecule has 6 heteroatoms. The first kappa shape index (κ1) is 11.5. The van der Waals surface area contributed by atoms with Gasteiger partial charge in [-0.3, -0.25) is 10.1 Å². The number of nitro groups is 1. The SMILES string of the molecule is O=C(O)c1c(CNC2CC2)cccc1[N+](=O)[O-]. The molecule has 0 spiro atoms. The van der Waals surface area contributed by atoms with Crippen LogP contribution >= 0.6 is 0 Å². The zero-order valence-electron chi connectivity index (χ0n) is 9.05. The molecule has 1 saturated carbocycles. The molecule has 1 aromatic carbocycles. The average Bonchev–Trinajstić information content (AvgIpc) is 3.09. The monoisotopic (exact) mass is 236 g/mol. The first-order chi connectivity index (χ1) is 8.09. The lowest BCUT2D eigenvalue weighted by Gasteiger charge is -2.07. The van der Waals surface area contributed by atoms with Crippen molar-refractivity contribution in [2.24, 2.45) is 0 Å². The van der Waals surface area contributed by atoms with Crippen molar-refractivity contribution >= 4 is 11.7 Å². The zero-order chi connectivity index (χ0) is 12.4. The molecule has 0 bridgehead atoms. The number of carboxylic acids is 1. The van der Waals surface area contributed by atoms with E-state index >= 15 is 0 Å². The van der Waals surface area contributed by atoms with Crippen LogP contribution in [0.15, 0.2) is 18.2 Å². The van der Waals surface area contributed by atoms with Gasteiger partial charge in [0.05, 0.1) is 4.92 Å². The van der Waals surface area contributed by atoms with Crippen LogP contribution in [-0.4, -0.2) is 22.0 Å². The van der Waals surface area contributed by atoms with Gasteiger partial charge >= 0.3 is 5.97 Å². The zero-order valence-corrected chi connectivity index (χ0v) is 9.05. The summed E-state index contributed by atoms with van der Waals surface area (Å²) in [5, 5.41) is 22.9. The van der Waals surface area contributed by atoms with E-state index in [1.165, 1.54) is 12.1 Å². The summed E-state index contributed by atoms with van der Waals surface area (Å²) in [7, 11) is 0. The number of hydrogen-bond acceptors (Lipinski definition) is 4. The van der Waals surface area contributed by atoms with Gasteiger partial charge in [-0.2, -0.15) is 0 Å². The Morgan fingerprint density at radius 2 is 2.24 bits per heavy atom. The summed E-state index contributed by atoms with van der Waals surface area (Å²) in [5.74, 6) is -1.26. The molecule has 0 radical (unpaired) electrons. The van der Waals surface area contributed by atoms with Crippen molar-refractivity contribution in [1.29, 1.82) is 0 Å². The molecule has 0 saturated heterocycles. The van der Waals surface area contributed by atoms with E-state index in [4.69, 9.17) is 5.11 Å². The number of nitrogens with one attached hydrogen (secondary N) is 1. The number of hydrogen-bond donors (Lipinski definition) is 2. The third-order valence-corrected chi connectivity index (χ3v) is 2.70. The Kier molecular flexibility index (Phi) is 3.06. The number of carbonyl (C=O) groups is 1. The Morgan fingerprint density at radius 1 is 1.53 bits per heavy atom. The second kappa shape index (κ2) is 4.50. The standard InChI is InChI=1S/C11H12N2O4/c14-11(15)10-7(6-12-8-4-5-8)2-1-3-9(10)13(16)17/h1-3,8,12H,4-6H2,(H,14,15). The van der Waals surface area contributed by atoms with Crippen LogP contribution in [0.2, 0.25) is 0 Å². The summed E-state index contributed by atoms with van der Waals surface area (Å²) in [6.07, 6.45) is 2.16. The molecule has 17 heavy (non-hydrogen) atoms. The minimum atomic E-state index is -1.26. The van der Waals surface area contributed by atoms with Crippen molar-refractivity contribution in [3.05, 3.63) is 39.4 Å². The third-order valence-electron chi connectivity index (χ3n) is 2.70. The number of nitro benzene ring substituents is 1. The van der Waals surface area contributed by atoms with E-state index in [-0.39, 0.29) is 11.3 Å². The summed E-state index contributed by atoms with van der Waals surface area (Å²) in [6, 6.07) is 4.75. The molecular weight excluding hydrogens is 224 g/mol. The van der Waals surface area contributed by atoms with Gasteiger partial charge in [0.2, 0.25) is 0 Å². The van der Waals surface area contributed by atoms with Gasteiger partial charge in [-0.05, 0) is 18.4 Å². The average molecular weight is 236 g/mol. The fraction of sp³-hybridized carbons (Fsp3) is 0.364. The van der Waals surface area contributed by atoms with Gasteiger partial charge in [0, 0.05) is 18.7 Å². The molecule has 0 atom stereocenters. The van der Waals surface area contributed by atoms with Gasteiger partial charge in [0.25, 0.3) is 5.69 Å². The lowest BCUT2D eigenvalue weighted by Crippen LogP contribution is -2.18. The maximum Gasteiger partial charge on any atom is 0.343 e. The fourth-order valence-corrected chi connectivity index (χ4v) is 1.67. The topological polar surface area (TPSA) is 92.5 Å². The van der Waals surface area contributed by atoms with Crippen molar-refractivity contribution < 1.29 is 14.8 Å². The van der Waals surface area contributed by atoms with Crippen molar-refractivity contribution in [2.75, 3.05) is 0 Å². The Hall–Kier alpha value is -1.95. The molecule has 1 aliphatic carbocycles. The first-order valence-electron chi connectivity index (χ1n) is 5.32. The van der Waals surface area contributed by atoms with Crippen LogP contribution in [0, 0.1) is 10.1 Å². The number of aromatic carboxylic acids is 1. The largest absolute Gasteiger partial charge is 0.477 e. The molecule has 6 nitrogen and oxygen atoms in total. The Morgan fingerprint density at radius 3 is 2.76 bits per heavy atom. The van der Waals surface area contributed by atoms with Crippen LogP contribution in [0.4, 0.5) is 5.69 Å². The number of nitrogens with zero attached hydrogens (tertiary/aromatic N) is 1. The smallest absolute Gasteiger partial charge is 0.343 e. The molecule has 0 aromatic heterocycles. The second-order valence-corrected chi connectivity index (χ2v) is 4.03. The summed E-state index contributed by atoms with van der Waals surface area (Å²) in [4.78, 5) is 21.2.